The summed E-state index contributed by atoms with van der Waals surface area (Å²) < 4.78 is 0. The fourth-order valence-electron chi connectivity index (χ4n) is 1.28. The van der Waals surface area contributed by atoms with E-state index in [2.05, 4.69) is 5.32 Å². The molecule has 0 heterocycles. The van der Waals surface area contributed by atoms with Crippen molar-refractivity contribution in [3.05, 3.63) is 29.8 Å². The lowest BCUT2D eigenvalue weighted by Gasteiger charge is -2.10. The van der Waals surface area contributed by atoms with E-state index in [0.29, 0.717) is 23.5 Å². The first kappa shape index (κ1) is 14.5. The number of para-hydroxylation sites is 1. The molecule has 0 fully saturated rings. The van der Waals surface area contributed by atoms with E-state index >= 15 is 0 Å². The maximum Gasteiger partial charge on any atom is 0.250 e. The van der Waals surface area contributed by atoms with Crippen molar-refractivity contribution in [1.82, 2.24) is 0 Å². The predicted octanol–water partition coefficient (Wildman–Crippen LogP) is 0.804. The van der Waals surface area contributed by atoms with Gasteiger partial charge in [-0.15, -0.1) is 11.8 Å². The number of benzene rings is 1. The van der Waals surface area contributed by atoms with E-state index in [1.165, 1.54) is 11.8 Å². The molecule has 1 rings (SSSR count). The molecule has 18 heavy (non-hydrogen) atoms. The minimum absolute atomic E-state index is 0.172. The van der Waals surface area contributed by atoms with Gasteiger partial charge in [-0.3, -0.25) is 9.59 Å². The van der Waals surface area contributed by atoms with Gasteiger partial charge in [0.1, 0.15) is 0 Å². The standard InChI is InChI=1S/C12H17N3O2S/c1-8(6-13)18-7-11(16)15-10-5-3-2-4-9(10)12(14)17/h2-5,8H,6-7,13H2,1H3,(H2,14,17)(H,15,16). The van der Waals surface area contributed by atoms with Crippen LogP contribution in [0.1, 0.15) is 17.3 Å². The highest BCUT2D eigenvalue weighted by molar-refractivity contribution is 8.00. The van der Waals surface area contributed by atoms with Gasteiger partial charge in [0.25, 0.3) is 5.91 Å². The van der Waals surface area contributed by atoms with Gasteiger partial charge in [0.2, 0.25) is 5.91 Å². The van der Waals surface area contributed by atoms with E-state index in [0.717, 1.165) is 0 Å². The zero-order valence-corrected chi connectivity index (χ0v) is 11.0. The van der Waals surface area contributed by atoms with Crippen LogP contribution in [0.15, 0.2) is 24.3 Å². The molecule has 1 aromatic carbocycles. The number of hydrogen-bond acceptors (Lipinski definition) is 4. The average molecular weight is 267 g/mol. The SMILES string of the molecule is CC(CN)SCC(=O)Nc1ccccc1C(N)=O. The molecule has 0 bridgehead atoms. The van der Waals surface area contributed by atoms with Gasteiger partial charge in [0.05, 0.1) is 17.0 Å². The molecule has 0 aromatic heterocycles. The first-order valence-corrected chi connectivity index (χ1v) is 6.59. The molecule has 5 nitrogen and oxygen atoms in total. The Kier molecular flexibility index (Phi) is 5.67. The molecule has 5 N–H and O–H groups in total. The van der Waals surface area contributed by atoms with Gasteiger partial charge in [0, 0.05) is 11.8 Å². The van der Waals surface area contributed by atoms with Crippen LogP contribution >= 0.6 is 11.8 Å². The molecule has 2 amide bonds. The number of nitrogens with two attached hydrogens (primary N) is 2. The van der Waals surface area contributed by atoms with Gasteiger partial charge in [-0.2, -0.15) is 0 Å². The maximum absolute atomic E-state index is 11.7. The molecule has 1 unspecified atom stereocenters. The van der Waals surface area contributed by atoms with Crippen molar-refractivity contribution in [1.29, 1.82) is 0 Å². The van der Waals surface area contributed by atoms with Crippen LogP contribution in [0.2, 0.25) is 0 Å². The van der Waals surface area contributed by atoms with Crippen LogP contribution < -0.4 is 16.8 Å². The minimum Gasteiger partial charge on any atom is -0.366 e. The summed E-state index contributed by atoms with van der Waals surface area (Å²) in [6, 6.07) is 6.65. The Bertz CT molecular complexity index is 437. The van der Waals surface area contributed by atoms with Crippen molar-refractivity contribution in [3.8, 4) is 0 Å². The third kappa shape index (κ3) is 4.38. The van der Waals surface area contributed by atoms with Crippen molar-refractivity contribution < 1.29 is 9.59 Å². The highest BCUT2D eigenvalue weighted by Crippen LogP contribution is 2.15. The van der Waals surface area contributed by atoms with Crippen LogP contribution in [0.3, 0.4) is 0 Å². The van der Waals surface area contributed by atoms with Crippen molar-refractivity contribution in [2.75, 3.05) is 17.6 Å². The molecule has 0 saturated heterocycles. The topological polar surface area (TPSA) is 98.2 Å². The summed E-state index contributed by atoms with van der Waals surface area (Å²) in [6.07, 6.45) is 0. The molecule has 0 aliphatic rings. The Morgan fingerprint density at radius 1 is 1.39 bits per heavy atom. The molecule has 1 aromatic rings. The monoisotopic (exact) mass is 267 g/mol. The summed E-state index contributed by atoms with van der Waals surface area (Å²) in [6.45, 7) is 2.48. The second-order valence-corrected chi connectivity index (χ2v) is 5.24. The molecular formula is C12H17N3O2S. The van der Waals surface area contributed by atoms with Crippen molar-refractivity contribution >= 4 is 29.3 Å². The minimum atomic E-state index is -0.561. The summed E-state index contributed by atoms with van der Waals surface area (Å²) in [4.78, 5) is 22.8. The van der Waals surface area contributed by atoms with Gasteiger partial charge in [0.15, 0.2) is 0 Å². The number of rotatable bonds is 6. The van der Waals surface area contributed by atoms with E-state index < -0.39 is 5.91 Å². The van der Waals surface area contributed by atoms with Crippen LogP contribution in [0.4, 0.5) is 5.69 Å². The number of amides is 2. The molecule has 0 spiro atoms. The number of nitrogens with one attached hydrogen (secondary N) is 1. The van der Waals surface area contributed by atoms with Crippen molar-refractivity contribution in [2.45, 2.75) is 12.2 Å². The molecule has 98 valence electrons. The number of primary amides is 1. The Hall–Kier alpha value is -1.53. The van der Waals surface area contributed by atoms with E-state index in [1.54, 1.807) is 24.3 Å². The quantitative estimate of drug-likeness (QED) is 0.710. The molecular weight excluding hydrogens is 250 g/mol. The van der Waals surface area contributed by atoms with Crippen LogP contribution in [0.25, 0.3) is 0 Å². The fourth-order valence-corrected chi connectivity index (χ4v) is 1.92. The van der Waals surface area contributed by atoms with Crippen LogP contribution in [0, 0.1) is 0 Å². The van der Waals surface area contributed by atoms with Crippen LogP contribution in [-0.4, -0.2) is 29.4 Å². The number of hydrogen-bond donors (Lipinski definition) is 3. The molecule has 1 atom stereocenters. The lowest BCUT2D eigenvalue weighted by atomic mass is 10.1. The zero-order valence-electron chi connectivity index (χ0n) is 10.2. The maximum atomic E-state index is 11.7. The van der Waals surface area contributed by atoms with E-state index in [9.17, 15) is 9.59 Å². The zero-order chi connectivity index (χ0) is 13.5. The Morgan fingerprint density at radius 3 is 2.67 bits per heavy atom. The molecule has 0 aliphatic carbocycles. The third-order valence-electron chi connectivity index (χ3n) is 2.30. The van der Waals surface area contributed by atoms with Crippen molar-refractivity contribution in [3.63, 3.8) is 0 Å². The highest BCUT2D eigenvalue weighted by Gasteiger charge is 2.11. The van der Waals surface area contributed by atoms with Crippen molar-refractivity contribution in [2.24, 2.45) is 11.5 Å². The largest absolute Gasteiger partial charge is 0.366 e. The number of carbonyl (C=O) groups is 2. The molecule has 0 radical (unpaired) electrons. The summed E-state index contributed by atoms with van der Waals surface area (Å²) in [7, 11) is 0. The predicted molar refractivity (Wildman–Crippen MR) is 74.6 cm³/mol. The number of thioether (sulfide) groups is 1. The van der Waals surface area contributed by atoms with E-state index in [-0.39, 0.29) is 11.2 Å². The van der Waals surface area contributed by atoms with Gasteiger partial charge in [-0.1, -0.05) is 19.1 Å². The fraction of sp³-hybridized carbons (Fsp3) is 0.333. The second kappa shape index (κ2) is 7.03. The summed E-state index contributed by atoms with van der Waals surface area (Å²) >= 11 is 1.46. The highest BCUT2D eigenvalue weighted by atomic mass is 32.2. The van der Waals surface area contributed by atoms with E-state index in [4.69, 9.17) is 11.5 Å². The third-order valence-corrected chi connectivity index (χ3v) is 3.49. The van der Waals surface area contributed by atoms with Gasteiger partial charge < -0.3 is 16.8 Å². The Balaban J connectivity index is 2.62. The first-order chi connectivity index (χ1) is 8.54. The van der Waals surface area contributed by atoms with Crippen LogP contribution in [0.5, 0.6) is 0 Å². The molecule has 6 heteroatoms. The number of carbonyl (C=O) groups excluding carboxylic acids is 2. The lowest BCUT2D eigenvalue weighted by Crippen LogP contribution is -2.21. The Morgan fingerprint density at radius 2 is 2.06 bits per heavy atom. The van der Waals surface area contributed by atoms with Gasteiger partial charge >= 0.3 is 0 Å². The Labute approximate surface area is 110 Å². The van der Waals surface area contributed by atoms with Gasteiger partial charge in [-0.25, -0.2) is 0 Å². The molecule has 0 aliphatic heterocycles. The summed E-state index contributed by atoms with van der Waals surface area (Å²) in [5.74, 6) is -0.436. The smallest absolute Gasteiger partial charge is 0.250 e. The summed E-state index contributed by atoms with van der Waals surface area (Å²) in [5, 5.41) is 2.89. The molecule has 0 saturated carbocycles. The van der Waals surface area contributed by atoms with Crippen LogP contribution in [-0.2, 0) is 4.79 Å². The normalized spacial score (nSPS) is 11.9. The summed E-state index contributed by atoms with van der Waals surface area (Å²) in [5.41, 5.74) is 11.4. The lowest BCUT2D eigenvalue weighted by molar-refractivity contribution is -0.113. The van der Waals surface area contributed by atoms with Gasteiger partial charge in [-0.05, 0) is 12.1 Å². The number of anilines is 1. The first-order valence-electron chi connectivity index (χ1n) is 5.55. The second-order valence-electron chi connectivity index (χ2n) is 3.82. The van der Waals surface area contributed by atoms with E-state index in [1.807, 2.05) is 6.92 Å². The average Bonchev–Trinajstić information content (AvgIpc) is 2.36.